The predicted octanol–water partition coefficient (Wildman–Crippen LogP) is 2.58. The molecule has 0 spiro atoms. The van der Waals surface area contributed by atoms with Crippen LogP contribution >= 0.6 is 11.8 Å². The Kier molecular flexibility index (Phi) is 4.62. The summed E-state index contributed by atoms with van der Waals surface area (Å²) in [6, 6.07) is 3.94. The van der Waals surface area contributed by atoms with Gasteiger partial charge in [0, 0.05) is 5.75 Å². The topological polar surface area (TPSA) is 27.7 Å². The summed E-state index contributed by atoms with van der Waals surface area (Å²) in [7, 11) is 4.86. The van der Waals surface area contributed by atoms with Gasteiger partial charge in [0.2, 0.25) is 5.75 Å². The van der Waals surface area contributed by atoms with Crippen molar-refractivity contribution in [3.8, 4) is 17.2 Å². The molecule has 0 N–H and O–H groups in total. The van der Waals surface area contributed by atoms with E-state index in [1.54, 1.807) is 33.1 Å². The van der Waals surface area contributed by atoms with Crippen molar-refractivity contribution in [2.75, 3.05) is 27.6 Å². The smallest absolute Gasteiger partial charge is 0.203 e. The molecule has 15 heavy (non-hydrogen) atoms. The first-order valence-electron chi connectivity index (χ1n) is 4.54. The van der Waals surface area contributed by atoms with Gasteiger partial charge in [0.15, 0.2) is 11.5 Å². The summed E-state index contributed by atoms with van der Waals surface area (Å²) in [5.41, 5.74) is 1.16. The van der Waals surface area contributed by atoms with E-state index in [0.717, 1.165) is 11.3 Å². The van der Waals surface area contributed by atoms with Gasteiger partial charge in [0.05, 0.1) is 21.3 Å². The number of thioether (sulfide) groups is 1. The number of hydrogen-bond donors (Lipinski definition) is 0. The predicted molar refractivity (Wildman–Crippen MR) is 63.3 cm³/mol. The quantitative estimate of drug-likeness (QED) is 0.774. The third kappa shape index (κ3) is 2.72. The van der Waals surface area contributed by atoms with Crippen LogP contribution in [0.1, 0.15) is 5.56 Å². The summed E-state index contributed by atoms with van der Waals surface area (Å²) in [6.45, 7) is 0. The highest BCUT2D eigenvalue weighted by Gasteiger charge is 2.12. The van der Waals surface area contributed by atoms with Crippen molar-refractivity contribution in [1.82, 2.24) is 0 Å². The molecule has 0 saturated heterocycles. The maximum absolute atomic E-state index is 5.25. The second kappa shape index (κ2) is 5.75. The Morgan fingerprint density at radius 3 is 1.87 bits per heavy atom. The zero-order chi connectivity index (χ0) is 11.3. The van der Waals surface area contributed by atoms with Crippen LogP contribution in [0.2, 0.25) is 0 Å². The first kappa shape index (κ1) is 12.0. The summed E-state index contributed by atoms with van der Waals surface area (Å²) in [4.78, 5) is 0. The molecule has 0 aliphatic carbocycles. The molecular formula is C11H16O3S. The van der Waals surface area contributed by atoms with Gasteiger partial charge in [-0.05, 0) is 24.0 Å². The van der Waals surface area contributed by atoms with Crippen molar-refractivity contribution >= 4 is 11.8 Å². The highest BCUT2D eigenvalue weighted by Crippen LogP contribution is 2.38. The molecule has 0 aliphatic rings. The summed E-state index contributed by atoms with van der Waals surface area (Å²) in [6.07, 6.45) is 2.06. The van der Waals surface area contributed by atoms with E-state index >= 15 is 0 Å². The Labute approximate surface area is 94.7 Å². The molecule has 1 rings (SSSR count). The lowest BCUT2D eigenvalue weighted by molar-refractivity contribution is 0.324. The first-order valence-corrected chi connectivity index (χ1v) is 5.94. The average Bonchev–Trinajstić information content (AvgIpc) is 2.28. The Hall–Kier alpha value is -1.03. The van der Waals surface area contributed by atoms with Gasteiger partial charge in [-0.2, -0.15) is 11.8 Å². The van der Waals surface area contributed by atoms with Crippen LogP contribution in [0.5, 0.6) is 17.2 Å². The van der Waals surface area contributed by atoms with Crippen LogP contribution in [-0.2, 0) is 5.75 Å². The minimum absolute atomic E-state index is 0.643. The number of rotatable bonds is 5. The van der Waals surface area contributed by atoms with Crippen molar-refractivity contribution < 1.29 is 14.2 Å². The second-order valence-corrected chi connectivity index (χ2v) is 3.83. The molecule has 3 nitrogen and oxygen atoms in total. The Morgan fingerprint density at radius 1 is 1.00 bits per heavy atom. The Balaban J connectivity index is 3.16. The average molecular weight is 228 g/mol. The molecule has 84 valence electrons. The largest absolute Gasteiger partial charge is 0.493 e. The molecule has 1 aromatic rings. The highest BCUT2D eigenvalue weighted by molar-refractivity contribution is 7.97. The summed E-state index contributed by atoms with van der Waals surface area (Å²) >= 11 is 1.75. The number of ether oxygens (including phenoxy) is 3. The van der Waals surface area contributed by atoms with Crippen LogP contribution in [0, 0.1) is 0 Å². The SMILES string of the molecule is COc1cc(CSC)cc(OC)c1OC. The monoisotopic (exact) mass is 228 g/mol. The van der Waals surface area contributed by atoms with E-state index in [0.29, 0.717) is 17.2 Å². The van der Waals surface area contributed by atoms with E-state index in [-0.39, 0.29) is 0 Å². The van der Waals surface area contributed by atoms with Crippen molar-refractivity contribution in [3.05, 3.63) is 17.7 Å². The van der Waals surface area contributed by atoms with Gasteiger partial charge in [-0.25, -0.2) is 0 Å². The molecule has 0 fully saturated rings. The summed E-state index contributed by atoms with van der Waals surface area (Å²) < 4.78 is 15.7. The highest BCUT2D eigenvalue weighted by atomic mass is 32.2. The Bertz CT molecular complexity index is 301. The van der Waals surface area contributed by atoms with Gasteiger partial charge in [-0.3, -0.25) is 0 Å². The molecule has 0 amide bonds. The van der Waals surface area contributed by atoms with Gasteiger partial charge in [0.25, 0.3) is 0 Å². The minimum atomic E-state index is 0.643. The van der Waals surface area contributed by atoms with Crippen LogP contribution in [-0.4, -0.2) is 27.6 Å². The summed E-state index contributed by atoms with van der Waals surface area (Å²) in [5, 5.41) is 0. The molecule has 0 bridgehead atoms. The third-order valence-electron chi connectivity index (χ3n) is 2.04. The van der Waals surface area contributed by atoms with Crippen LogP contribution in [0.25, 0.3) is 0 Å². The summed E-state index contributed by atoms with van der Waals surface area (Å²) in [5.74, 6) is 2.99. The fourth-order valence-electron chi connectivity index (χ4n) is 1.39. The minimum Gasteiger partial charge on any atom is -0.493 e. The van der Waals surface area contributed by atoms with E-state index in [1.807, 2.05) is 12.1 Å². The van der Waals surface area contributed by atoms with E-state index < -0.39 is 0 Å². The maximum atomic E-state index is 5.25. The second-order valence-electron chi connectivity index (χ2n) is 2.97. The molecule has 0 aromatic heterocycles. The zero-order valence-corrected chi connectivity index (χ0v) is 10.3. The van der Waals surface area contributed by atoms with E-state index in [4.69, 9.17) is 14.2 Å². The zero-order valence-electron chi connectivity index (χ0n) is 9.49. The number of benzene rings is 1. The molecule has 4 heteroatoms. The lowest BCUT2D eigenvalue weighted by Gasteiger charge is -2.13. The fourth-order valence-corrected chi connectivity index (χ4v) is 1.89. The molecule has 0 unspecified atom stereocenters. The molecule has 0 saturated carbocycles. The van der Waals surface area contributed by atoms with Gasteiger partial charge in [-0.15, -0.1) is 0 Å². The molecule has 0 aliphatic heterocycles. The van der Waals surface area contributed by atoms with E-state index in [2.05, 4.69) is 6.26 Å². The van der Waals surface area contributed by atoms with Crippen molar-refractivity contribution in [2.45, 2.75) is 5.75 Å². The van der Waals surface area contributed by atoms with Crippen LogP contribution in [0.3, 0.4) is 0 Å². The number of hydrogen-bond acceptors (Lipinski definition) is 4. The first-order chi connectivity index (χ1) is 7.26. The molecule has 0 radical (unpaired) electrons. The molecule has 0 atom stereocenters. The van der Waals surface area contributed by atoms with Gasteiger partial charge < -0.3 is 14.2 Å². The van der Waals surface area contributed by atoms with Crippen molar-refractivity contribution in [2.24, 2.45) is 0 Å². The molecular weight excluding hydrogens is 212 g/mol. The standard InChI is InChI=1S/C11H16O3S/c1-12-9-5-8(7-15-4)6-10(13-2)11(9)14-3/h5-6H,7H2,1-4H3. The van der Waals surface area contributed by atoms with E-state index in [1.165, 1.54) is 0 Å². The van der Waals surface area contributed by atoms with Gasteiger partial charge >= 0.3 is 0 Å². The van der Waals surface area contributed by atoms with Gasteiger partial charge in [0.1, 0.15) is 0 Å². The van der Waals surface area contributed by atoms with Crippen LogP contribution in [0.15, 0.2) is 12.1 Å². The van der Waals surface area contributed by atoms with Crippen LogP contribution < -0.4 is 14.2 Å². The van der Waals surface area contributed by atoms with Crippen molar-refractivity contribution in [3.63, 3.8) is 0 Å². The lowest BCUT2D eigenvalue weighted by atomic mass is 10.2. The number of methoxy groups -OCH3 is 3. The van der Waals surface area contributed by atoms with Crippen LogP contribution in [0.4, 0.5) is 0 Å². The molecule has 0 heterocycles. The Morgan fingerprint density at radius 2 is 1.53 bits per heavy atom. The maximum Gasteiger partial charge on any atom is 0.203 e. The fraction of sp³-hybridized carbons (Fsp3) is 0.455. The van der Waals surface area contributed by atoms with E-state index in [9.17, 15) is 0 Å². The third-order valence-corrected chi connectivity index (χ3v) is 2.66. The normalized spacial score (nSPS) is 9.87. The van der Waals surface area contributed by atoms with Crippen molar-refractivity contribution in [1.29, 1.82) is 0 Å². The molecule has 1 aromatic carbocycles. The lowest BCUT2D eigenvalue weighted by Crippen LogP contribution is -1.96. The van der Waals surface area contributed by atoms with Gasteiger partial charge in [-0.1, -0.05) is 0 Å².